The molecule has 0 spiro atoms. The zero-order chi connectivity index (χ0) is 7.40. The Morgan fingerprint density at radius 2 is 2.60 bits per heavy atom. The number of halogens is 1. The Kier molecular flexibility index (Phi) is 2.28. The maximum absolute atomic E-state index is 10.5. The van der Waals surface area contributed by atoms with Crippen LogP contribution in [-0.2, 0) is 15.6 Å². The van der Waals surface area contributed by atoms with Gasteiger partial charge in [0.25, 0.3) is 0 Å². The molecule has 0 aromatic carbocycles. The summed E-state index contributed by atoms with van der Waals surface area (Å²) in [5.41, 5.74) is 0. The normalized spacial score (nSPS) is 9.30. The van der Waals surface area contributed by atoms with Crippen molar-refractivity contribution >= 4 is 17.8 Å². The van der Waals surface area contributed by atoms with Crippen molar-refractivity contribution in [1.82, 2.24) is 9.78 Å². The van der Waals surface area contributed by atoms with Crippen LogP contribution in [0.3, 0.4) is 0 Å². The summed E-state index contributed by atoms with van der Waals surface area (Å²) in [7, 11) is 0. The van der Waals surface area contributed by atoms with Gasteiger partial charge in [0, 0.05) is 12.4 Å². The van der Waals surface area contributed by atoms with Gasteiger partial charge in [0.2, 0.25) is 0 Å². The van der Waals surface area contributed by atoms with Crippen molar-refractivity contribution in [2.24, 2.45) is 0 Å². The highest BCUT2D eigenvalue weighted by atomic mass is 35.5. The monoisotopic (exact) mass is 160 g/mol. The van der Waals surface area contributed by atoms with E-state index in [0.717, 1.165) is 0 Å². The fourth-order valence-corrected chi connectivity index (χ4v) is 0.599. The van der Waals surface area contributed by atoms with Crippen molar-refractivity contribution < 1.29 is 9.08 Å². The predicted octanol–water partition coefficient (Wildman–Crippen LogP) is 0.580. The minimum Gasteiger partial charge on any atom is -0.346 e. The Bertz CT molecular complexity index is 209. The molecule has 0 unspecified atom stereocenters. The number of carbonyl (C=O) groups excluding carboxylic acids is 1. The van der Waals surface area contributed by atoms with E-state index in [4.69, 9.17) is 11.9 Å². The molecule has 0 saturated heterocycles. The predicted molar refractivity (Wildman–Crippen MR) is 34.2 cm³/mol. The van der Waals surface area contributed by atoms with Crippen LogP contribution in [0.15, 0.2) is 18.5 Å². The maximum atomic E-state index is 10.5. The number of rotatable bonds is 2. The molecule has 0 aliphatic rings. The molecule has 0 aliphatic heterocycles. The second-order valence-electron chi connectivity index (χ2n) is 1.65. The van der Waals surface area contributed by atoms with Gasteiger partial charge in [-0.1, -0.05) is 0 Å². The van der Waals surface area contributed by atoms with E-state index in [1.165, 1.54) is 4.68 Å². The highest BCUT2D eigenvalue weighted by Crippen LogP contribution is 1.88. The van der Waals surface area contributed by atoms with Crippen LogP contribution in [0.2, 0.25) is 0 Å². The van der Waals surface area contributed by atoms with Gasteiger partial charge in [-0.15, -0.1) is 0 Å². The number of carbonyl (C=O) groups is 1. The summed E-state index contributed by atoms with van der Waals surface area (Å²) in [5.74, 6) is -0.523. The molecule has 1 heterocycles. The lowest BCUT2D eigenvalue weighted by molar-refractivity contribution is -0.134. The third-order valence-electron chi connectivity index (χ3n) is 0.936. The lowest BCUT2D eigenvalue weighted by atomic mass is 10.6. The van der Waals surface area contributed by atoms with Crippen LogP contribution in [0.4, 0.5) is 0 Å². The topological polar surface area (TPSA) is 44.1 Å². The first-order valence-corrected chi connectivity index (χ1v) is 2.92. The van der Waals surface area contributed by atoms with Gasteiger partial charge >= 0.3 is 5.97 Å². The minimum absolute atomic E-state index is 0.0521. The van der Waals surface area contributed by atoms with E-state index in [9.17, 15) is 4.79 Å². The van der Waals surface area contributed by atoms with Gasteiger partial charge in [0.15, 0.2) is 0 Å². The van der Waals surface area contributed by atoms with Crippen LogP contribution < -0.4 is 0 Å². The summed E-state index contributed by atoms with van der Waals surface area (Å²) < 4.78 is 5.32. The average molecular weight is 161 g/mol. The summed E-state index contributed by atoms with van der Waals surface area (Å²) in [6.45, 7) is 0.0521. The minimum atomic E-state index is -0.523. The molecule has 0 bridgehead atoms. The third-order valence-corrected chi connectivity index (χ3v) is 1.11. The molecule has 1 aromatic heterocycles. The molecule has 1 aromatic rings. The molecule has 10 heavy (non-hydrogen) atoms. The first kappa shape index (κ1) is 7.08. The summed E-state index contributed by atoms with van der Waals surface area (Å²) in [5, 5.41) is 3.76. The van der Waals surface area contributed by atoms with Gasteiger partial charge in [-0.25, -0.2) is 4.79 Å². The zero-order valence-corrected chi connectivity index (χ0v) is 5.78. The molecule has 0 radical (unpaired) electrons. The van der Waals surface area contributed by atoms with Gasteiger partial charge in [-0.2, -0.15) is 5.10 Å². The SMILES string of the molecule is O=C(Cn1cccn1)OCl. The molecule has 0 fully saturated rings. The third kappa shape index (κ3) is 1.73. The van der Waals surface area contributed by atoms with Gasteiger partial charge in [0.1, 0.15) is 18.4 Å². The molecule has 0 amide bonds. The van der Waals surface area contributed by atoms with E-state index < -0.39 is 5.97 Å². The van der Waals surface area contributed by atoms with Gasteiger partial charge in [-0.05, 0) is 6.07 Å². The quantitative estimate of drug-likeness (QED) is 0.636. The van der Waals surface area contributed by atoms with Crippen LogP contribution in [0, 0.1) is 0 Å². The molecule has 1 rings (SSSR count). The molecule has 0 atom stereocenters. The summed E-state index contributed by atoms with van der Waals surface area (Å²) in [4.78, 5) is 10.5. The lowest BCUT2D eigenvalue weighted by Gasteiger charge is -1.94. The second kappa shape index (κ2) is 3.22. The Labute approximate surface area is 62.5 Å². The molecule has 0 aliphatic carbocycles. The van der Waals surface area contributed by atoms with Gasteiger partial charge < -0.3 is 4.29 Å². The Morgan fingerprint density at radius 3 is 3.10 bits per heavy atom. The van der Waals surface area contributed by atoms with Crippen LogP contribution in [-0.4, -0.2) is 15.7 Å². The second-order valence-corrected chi connectivity index (χ2v) is 1.81. The lowest BCUT2D eigenvalue weighted by Crippen LogP contribution is -2.09. The molecule has 54 valence electrons. The average Bonchev–Trinajstić information content (AvgIpc) is 2.40. The molecule has 5 heteroatoms. The smallest absolute Gasteiger partial charge is 0.346 e. The van der Waals surface area contributed by atoms with E-state index in [1.807, 2.05) is 0 Å². The van der Waals surface area contributed by atoms with Gasteiger partial charge in [0.05, 0.1) is 0 Å². The zero-order valence-electron chi connectivity index (χ0n) is 5.03. The maximum Gasteiger partial charge on any atom is 0.346 e. The van der Waals surface area contributed by atoms with E-state index in [0.29, 0.717) is 0 Å². The largest absolute Gasteiger partial charge is 0.346 e. The fraction of sp³-hybridized carbons (Fsp3) is 0.200. The molecule has 0 saturated carbocycles. The number of nitrogens with zero attached hydrogens (tertiary/aromatic N) is 2. The van der Waals surface area contributed by atoms with Crippen LogP contribution >= 0.6 is 11.9 Å². The standard InChI is InChI=1S/C5H5ClN2O2/c6-10-5(9)4-8-3-1-2-7-8/h1-3H,4H2. The summed E-state index contributed by atoms with van der Waals surface area (Å²) in [6.07, 6.45) is 3.22. The van der Waals surface area contributed by atoms with Crippen molar-refractivity contribution in [1.29, 1.82) is 0 Å². The first-order chi connectivity index (χ1) is 4.83. The van der Waals surface area contributed by atoms with Crippen molar-refractivity contribution in [3.8, 4) is 0 Å². The van der Waals surface area contributed by atoms with Gasteiger partial charge in [-0.3, -0.25) is 4.68 Å². The van der Waals surface area contributed by atoms with E-state index in [2.05, 4.69) is 9.39 Å². The molecule has 4 nitrogen and oxygen atoms in total. The van der Waals surface area contributed by atoms with Crippen LogP contribution in [0.1, 0.15) is 0 Å². The van der Waals surface area contributed by atoms with Crippen LogP contribution in [0.5, 0.6) is 0 Å². The molecular formula is C5H5ClN2O2. The Hall–Kier alpha value is -1.03. The summed E-state index contributed by atoms with van der Waals surface area (Å²) >= 11 is 4.78. The van der Waals surface area contributed by atoms with Crippen molar-refractivity contribution in [2.75, 3.05) is 0 Å². The summed E-state index contributed by atoms with van der Waals surface area (Å²) in [6, 6.07) is 1.71. The molecule has 0 N–H and O–H groups in total. The number of hydrogen-bond acceptors (Lipinski definition) is 3. The highest BCUT2D eigenvalue weighted by molar-refractivity contribution is 6.13. The number of hydrogen-bond donors (Lipinski definition) is 0. The Balaban J connectivity index is 2.48. The van der Waals surface area contributed by atoms with Crippen molar-refractivity contribution in [2.45, 2.75) is 6.54 Å². The Morgan fingerprint density at radius 1 is 1.80 bits per heavy atom. The molecular weight excluding hydrogens is 156 g/mol. The van der Waals surface area contributed by atoms with Crippen LogP contribution in [0.25, 0.3) is 0 Å². The van der Waals surface area contributed by atoms with Crippen molar-refractivity contribution in [3.05, 3.63) is 18.5 Å². The number of aromatic nitrogens is 2. The fourth-order valence-electron chi connectivity index (χ4n) is 0.551. The highest BCUT2D eigenvalue weighted by Gasteiger charge is 2.01. The van der Waals surface area contributed by atoms with Crippen molar-refractivity contribution in [3.63, 3.8) is 0 Å². The van der Waals surface area contributed by atoms with E-state index in [-0.39, 0.29) is 6.54 Å². The first-order valence-electron chi connectivity index (χ1n) is 2.62. The van der Waals surface area contributed by atoms with E-state index in [1.54, 1.807) is 18.5 Å². The van der Waals surface area contributed by atoms with E-state index >= 15 is 0 Å².